The molecule has 0 saturated heterocycles. The minimum atomic E-state index is -0.735. The Balaban J connectivity index is 2.06. The Bertz CT molecular complexity index is 660. The number of rotatable bonds is 7. The largest absolute Gasteiger partial charge is 0.385 e. The van der Waals surface area contributed by atoms with Crippen molar-refractivity contribution in [3.05, 3.63) is 53.7 Å². The van der Waals surface area contributed by atoms with Crippen molar-refractivity contribution in [1.82, 2.24) is 10.3 Å². The molecule has 0 atom stereocenters. The molecule has 0 fully saturated rings. The Morgan fingerprint density at radius 1 is 1.26 bits per heavy atom. The van der Waals surface area contributed by atoms with Crippen LogP contribution < -0.4 is 10.6 Å². The predicted molar refractivity (Wildman–Crippen MR) is 82.7 cm³/mol. The summed E-state index contributed by atoms with van der Waals surface area (Å²) in [6.45, 7) is 1.02. The average molecular weight is 321 g/mol. The fourth-order valence-corrected chi connectivity index (χ4v) is 1.91. The molecule has 5 nitrogen and oxygen atoms in total. The third-order valence-electron chi connectivity index (χ3n) is 3.05. The van der Waals surface area contributed by atoms with E-state index in [2.05, 4.69) is 15.6 Å². The summed E-state index contributed by atoms with van der Waals surface area (Å²) >= 11 is 0. The van der Waals surface area contributed by atoms with Crippen LogP contribution in [0.5, 0.6) is 0 Å². The number of anilines is 2. The lowest BCUT2D eigenvalue weighted by Crippen LogP contribution is -2.25. The summed E-state index contributed by atoms with van der Waals surface area (Å²) in [5.74, 6) is -1.58. The Morgan fingerprint density at radius 3 is 2.70 bits per heavy atom. The van der Waals surface area contributed by atoms with Gasteiger partial charge in [-0.05, 0) is 30.7 Å². The van der Waals surface area contributed by atoms with Gasteiger partial charge in [-0.1, -0.05) is 6.07 Å². The molecular weight excluding hydrogens is 304 g/mol. The summed E-state index contributed by atoms with van der Waals surface area (Å²) in [5.41, 5.74) is 0.0364. The van der Waals surface area contributed by atoms with Crippen LogP contribution in [0, 0.1) is 11.6 Å². The average Bonchev–Trinajstić information content (AvgIpc) is 2.55. The van der Waals surface area contributed by atoms with E-state index in [0.29, 0.717) is 25.1 Å². The number of hydrogen-bond acceptors (Lipinski definition) is 4. The van der Waals surface area contributed by atoms with E-state index in [1.54, 1.807) is 7.11 Å². The van der Waals surface area contributed by atoms with Gasteiger partial charge >= 0.3 is 0 Å². The maximum atomic E-state index is 13.6. The van der Waals surface area contributed by atoms with Crippen molar-refractivity contribution in [3.63, 3.8) is 0 Å². The molecule has 1 aromatic heterocycles. The van der Waals surface area contributed by atoms with Gasteiger partial charge < -0.3 is 15.4 Å². The number of para-hydroxylation sites is 1. The number of pyridine rings is 1. The van der Waals surface area contributed by atoms with E-state index in [1.807, 2.05) is 0 Å². The maximum absolute atomic E-state index is 13.6. The number of nitrogens with one attached hydrogen (secondary N) is 2. The molecule has 23 heavy (non-hydrogen) atoms. The zero-order valence-corrected chi connectivity index (χ0v) is 12.6. The van der Waals surface area contributed by atoms with Crippen LogP contribution in [-0.4, -0.2) is 31.2 Å². The SMILES string of the molecule is COCCCNC(=O)c1ccnc(Nc2c(F)cccc2F)c1. The standard InChI is InChI=1S/C16H17F2N3O2/c1-23-9-3-7-20-16(22)11-6-8-19-14(10-11)21-15-12(17)4-2-5-13(15)18/h2,4-6,8,10H,3,7,9H2,1H3,(H,19,21)(H,20,22). The molecule has 0 aliphatic carbocycles. The summed E-state index contributed by atoms with van der Waals surface area (Å²) in [6, 6.07) is 6.49. The Kier molecular flexibility index (Phi) is 5.99. The first-order valence-corrected chi connectivity index (χ1v) is 7.06. The number of amides is 1. The van der Waals surface area contributed by atoms with Crippen molar-refractivity contribution >= 4 is 17.4 Å². The molecule has 0 bridgehead atoms. The number of nitrogens with zero attached hydrogens (tertiary/aromatic N) is 1. The van der Waals surface area contributed by atoms with Gasteiger partial charge in [0, 0.05) is 32.0 Å². The van der Waals surface area contributed by atoms with Crippen LogP contribution in [0.4, 0.5) is 20.3 Å². The highest BCUT2D eigenvalue weighted by Crippen LogP contribution is 2.22. The predicted octanol–water partition coefficient (Wildman–Crippen LogP) is 2.87. The van der Waals surface area contributed by atoms with Gasteiger partial charge in [-0.2, -0.15) is 0 Å². The van der Waals surface area contributed by atoms with E-state index < -0.39 is 11.6 Å². The van der Waals surface area contributed by atoms with E-state index in [1.165, 1.54) is 24.4 Å². The van der Waals surface area contributed by atoms with Gasteiger partial charge in [-0.3, -0.25) is 4.79 Å². The summed E-state index contributed by atoms with van der Waals surface area (Å²) in [6.07, 6.45) is 2.09. The number of benzene rings is 1. The third-order valence-corrected chi connectivity index (χ3v) is 3.05. The van der Waals surface area contributed by atoms with E-state index >= 15 is 0 Å². The third kappa shape index (κ3) is 4.72. The van der Waals surface area contributed by atoms with E-state index in [4.69, 9.17) is 4.74 Å². The normalized spacial score (nSPS) is 10.4. The van der Waals surface area contributed by atoms with Crippen LogP contribution in [0.25, 0.3) is 0 Å². The topological polar surface area (TPSA) is 63.2 Å². The molecule has 122 valence electrons. The molecule has 2 aromatic rings. The minimum absolute atomic E-state index is 0.179. The van der Waals surface area contributed by atoms with Crippen LogP contribution in [0.15, 0.2) is 36.5 Å². The quantitative estimate of drug-likeness (QED) is 0.770. The highest BCUT2D eigenvalue weighted by Gasteiger charge is 2.11. The van der Waals surface area contributed by atoms with Crippen molar-refractivity contribution < 1.29 is 18.3 Å². The molecule has 0 spiro atoms. The zero-order valence-electron chi connectivity index (χ0n) is 12.6. The van der Waals surface area contributed by atoms with Crippen LogP contribution in [-0.2, 0) is 4.74 Å². The molecule has 0 aliphatic rings. The molecular formula is C16H17F2N3O2. The van der Waals surface area contributed by atoms with Crippen LogP contribution in [0.2, 0.25) is 0 Å². The second kappa shape index (κ2) is 8.19. The lowest BCUT2D eigenvalue weighted by atomic mass is 10.2. The van der Waals surface area contributed by atoms with Crippen molar-refractivity contribution in [2.24, 2.45) is 0 Å². The molecule has 1 heterocycles. The first kappa shape index (κ1) is 16.8. The van der Waals surface area contributed by atoms with Crippen LogP contribution in [0.3, 0.4) is 0 Å². The molecule has 1 aromatic carbocycles. The van der Waals surface area contributed by atoms with Crippen molar-refractivity contribution in [1.29, 1.82) is 0 Å². The number of carbonyl (C=O) groups excluding carboxylic acids is 1. The van der Waals surface area contributed by atoms with Gasteiger partial charge in [-0.15, -0.1) is 0 Å². The molecule has 0 radical (unpaired) electrons. The smallest absolute Gasteiger partial charge is 0.251 e. The lowest BCUT2D eigenvalue weighted by Gasteiger charge is -2.09. The number of hydrogen-bond donors (Lipinski definition) is 2. The molecule has 1 amide bonds. The Labute approximate surface area is 132 Å². The molecule has 0 unspecified atom stereocenters. The second-order valence-corrected chi connectivity index (χ2v) is 4.75. The summed E-state index contributed by atoms with van der Waals surface area (Å²) in [7, 11) is 1.59. The van der Waals surface area contributed by atoms with E-state index in [-0.39, 0.29) is 17.4 Å². The van der Waals surface area contributed by atoms with Gasteiger partial charge in [0.25, 0.3) is 5.91 Å². The maximum Gasteiger partial charge on any atom is 0.251 e. The first-order valence-electron chi connectivity index (χ1n) is 7.06. The van der Waals surface area contributed by atoms with Gasteiger partial charge in [0.15, 0.2) is 0 Å². The van der Waals surface area contributed by atoms with Gasteiger partial charge in [-0.25, -0.2) is 13.8 Å². The highest BCUT2D eigenvalue weighted by molar-refractivity contribution is 5.94. The Hall–Kier alpha value is -2.54. The molecule has 2 N–H and O–H groups in total. The van der Waals surface area contributed by atoms with E-state index in [9.17, 15) is 13.6 Å². The number of halogens is 2. The first-order chi connectivity index (χ1) is 11.1. The highest BCUT2D eigenvalue weighted by atomic mass is 19.1. The number of methoxy groups -OCH3 is 1. The fraction of sp³-hybridized carbons (Fsp3) is 0.250. The zero-order chi connectivity index (χ0) is 16.7. The van der Waals surface area contributed by atoms with Crippen molar-refractivity contribution in [3.8, 4) is 0 Å². The Morgan fingerprint density at radius 2 is 2.00 bits per heavy atom. The molecule has 0 aliphatic heterocycles. The number of aromatic nitrogens is 1. The summed E-state index contributed by atoms with van der Waals surface area (Å²) in [5, 5.41) is 5.28. The molecule has 0 saturated carbocycles. The van der Waals surface area contributed by atoms with E-state index in [0.717, 1.165) is 12.1 Å². The molecule has 2 rings (SSSR count). The van der Waals surface area contributed by atoms with Gasteiger partial charge in [0.05, 0.1) is 0 Å². The summed E-state index contributed by atoms with van der Waals surface area (Å²) < 4.78 is 32.1. The van der Waals surface area contributed by atoms with Crippen molar-refractivity contribution in [2.75, 3.05) is 25.6 Å². The fourth-order valence-electron chi connectivity index (χ4n) is 1.91. The number of carbonyl (C=O) groups is 1. The minimum Gasteiger partial charge on any atom is -0.385 e. The van der Waals surface area contributed by atoms with Gasteiger partial charge in [0.2, 0.25) is 0 Å². The lowest BCUT2D eigenvalue weighted by molar-refractivity contribution is 0.0948. The van der Waals surface area contributed by atoms with Gasteiger partial charge in [0.1, 0.15) is 23.1 Å². The van der Waals surface area contributed by atoms with Crippen LogP contribution in [0.1, 0.15) is 16.8 Å². The monoisotopic (exact) mass is 321 g/mol. The second-order valence-electron chi connectivity index (χ2n) is 4.75. The molecule has 7 heteroatoms. The summed E-state index contributed by atoms with van der Waals surface area (Å²) in [4.78, 5) is 16.0. The number of ether oxygens (including phenoxy) is 1. The van der Waals surface area contributed by atoms with Crippen LogP contribution >= 0.6 is 0 Å². The van der Waals surface area contributed by atoms with Crippen molar-refractivity contribution in [2.45, 2.75) is 6.42 Å².